The first-order valence-electron chi connectivity index (χ1n) is 9.81. The summed E-state index contributed by atoms with van der Waals surface area (Å²) in [6.45, 7) is 1.69. The number of nitrogens with zero attached hydrogens (tertiary/aromatic N) is 1. The number of anilines is 2. The summed E-state index contributed by atoms with van der Waals surface area (Å²) in [5.74, 6) is -0.397. The third kappa shape index (κ3) is 7.11. The molecule has 8 heteroatoms. The Morgan fingerprint density at radius 1 is 0.970 bits per heavy atom. The molecule has 0 spiro atoms. The summed E-state index contributed by atoms with van der Waals surface area (Å²) in [7, 11) is 0. The van der Waals surface area contributed by atoms with Crippen molar-refractivity contribution in [3.8, 4) is 11.8 Å². The fourth-order valence-corrected chi connectivity index (χ4v) is 3.03. The van der Waals surface area contributed by atoms with Crippen LogP contribution >= 0.6 is 23.2 Å². The van der Waals surface area contributed by atoms with Gasteiger partial charge in [0.05, 0.1) is 0 Å². The zero-order valence-electron chi connectivity index (χ0n) is 17.6. The molecule has 0 saturated heterocycles. The van der Waals surface area contributed by atoms with E-state index < -0.39 is 5.91 Å². The number of halogens is 2. The number of ether oxygens (including phenoxy) is 1. The van der Waals surface area contributed by atoms with Gasteiger partial charge in [0.25, 0.3) is 11.8 Å². The number of amides is 2. The lowest BCUT2D eigenvalue weighted by molar-refractivity contribution is -0.118. The van der Waals surface area contributed by atoms with Gasteiger partial charge in [0.1, 0.15) is 17.4 Å². The minimum absolute atomic E-state index is 0.0604. The van der Waals surface area contributed by atoms with Crippen molar-refractivity contribution in [2.75, 3.05) is 17.2 Å². The molecule has 3 rings (SSSR count). The van der Waals surface area contributed by atoms with Crippen molar-refractivity contribution in [3.63, 3.8) is 0 Å². The number of hydrogen-bond donors (Lipinski definition) is 2. The maximum absolute atomic E-state index is 12.4. The van der Waals surface area contributed by atoms with Crippen molar-refractivity contribution in [2.24, 2.45) is 0 Å². The second-order valence-corrected chi connectivity index (χ2v) is 7.84. The van der Waals surface area contributed by atoms with E-state index in [-0.39, 0.29) is 18.1 Å². The minimum atomic E-state index is -0.534. The molecule has 33 heavy (non-hydrogen) atoms. The third-order valence-electron chi connectivity index (χ3n) is 4.48. The molecular weight excluding hydrogens is 461 g/mol. The van der Waals surface area contributed by atoms with Gasteiger partial charge in [-0.15, -0.1) is 0 Å². The predicted octanol–water partition coefficient (Wildman–Crippen LogP) is 5.87. The second kappa shape index (κ2) is 11.2. The molecular formula is C25H19Cl2N3O3. The van der Waals surface area contributed by atoms with E-state index in [1.54, 1.807) is 60.7 Å². The SMILES string of the molecule is Cc1ccc(NC(=O)COc2ccc(/C=C(/C#N)C(=O)Nc3ccc(Cl)cc3)cc2)cc1Cl. The molecule has 0 aliphatic carbocycles. The molecule has 0 aromatic heterocycles. The van der Waals surface area contributed by atoms with Gasteiger partial charge in [0.15, 0.2) is 6.61 Å². The molecule has 2 amide bonds. The van der Waals surface area contributed by atoms with Crippen molar-refractivity contribution in [1.29, 1.82) is 5.26 Å². The summed E-state index contributed by atoms with van der Waals surface area (Å²) in [5.41, 5.74) is 2.60. The average Bonchev–Trinajstić information content (AvgIpc) is 2.80. The molecule has 0 saturated carbocycles. The second-order valence-electron chi connectivity index (χ2n) is 7.00. The highest BCUT2D eigenvalue weighted by Crippen LogP contribution is 2.20. The third-order valence-corrected chi connectivity index (χ3v) is 5.14. The van der Waals surface area contributed by atoms with Crippen LogP contribution in [0.15, 0.2) is 72.3 Å². The van der Waals surface area contributed by atoms with Crippen LogP contribution in [-0.2, 0) is 9.59 Å². The number of nitriles is 1. The summed E-state index contributed by atoms with van der Waals surface area (Å²) < 4.78 is 5.50. The van der Waals surface area contributed by atoms with Crippen LogP contribution in [0, 0.1) is 18.3 Å². The molecule has 0 aliphatic heterocycles. The molecule has 3 aromatic carbocycles. The largest absolute Gasteiger partial charge is 0.484 e. The smallest absolute Gasteiger partial charge is 0.266 e. The topological polar surface area (TPSA) is 91.2 Å². The maximum Gasteiger partial charge on any atom is 0.266 e. The summed E-state index contributed by atoms with van der Waals surface area (Å²) in [4.78, 5) is 24.5. The lowest BCUT2D eigenvalue weighted by Crippen LogP contribution is -2.20. The van der Waals surface area contributed by atoms with E-state index in [4.69, 9.17) is 27.9 Å². The normalized spacial score (nSPS) is 10.8. The summed E-state index contributed by atoms with van der Waals surface area (Å²) in [5, 5.41) is 15.8. The van der Waals surface area contributed by atoms with E-state index in [2.05, 4.69) is 10.6 Å². The van der Waals surface area contributed by atoms with E-state index in [9.17, 15) is 14.9 Å². The highest BCUT2D eigenvalue weighted by atomic mass is 35.5. The van der Waals surface area contributed by atoms with E-state index in [1.165, 1.54) is 6.08 Å². The number of rotatable bonds is 7. The van der Waals surface area contributed by atoms with Crippen molar-refractivity contribution in [2.45, 2.75) is 6.92 Å². The first-order chi connectivity index (χ1) is 15.8. The number of nitrogens with one attached hydrogen (secondary N) is 2. The van der Waals surface area contributed by atoms with Crippen LogP contribution in [0.1, 0.15) is 11.1 Å². The predicted molar refractivity (Wildman–Crippen MR) is 130 cm³/mol. The van der Waals surface area contributed by atoms with Crippen LogP contribution in [0.4, 0.5) is 11.4 Å². The molecule has 0 heterocycles. The van der Waals surface area contributed by atoms with Crippen LogP contribution in [0.2, 0.25) is 10.0 Å². The van der Waals surface area contributed by atoms with Crippen molar-refractivity contribution < 1.29 is 14.3 Å². The number of hydrogen-bond acceptors (Lipinski definition) is 4. The van der Waals surface area contributed by atoms with E-state index in [0.29, 0.717) is 32.7 Å². The molecule has 0 radical (unpaired) electrons. The van der Waals surface area contributed by atoms with E-state index in [1.807, 2.05) is 19.1 Å². The maximum atomic E-state index is 12.4. The van der Waals surface area contributed by atoms with Gasteiger partial charge in [-0.2, -0.15) is 5.26 Å². The van der Waals surface area contributed by atoms with Gasteiger partial charge in [-0.3, -0.25) is 9.59 Å². The number of benzene rings is 3. The zero-order valence-corrected chi connectivity index (χ0v) is 19.1. The first kappa shape index (κ1) is 23.9. The minimum Gasteiger partial charge on any atom is -0.484 e. The van der Waals surface area contributed by atoms with Gasteiger partial charge in [-0.25, -0.2) is 0 Å². The Bertz CT molecular complexity index is 1230. The number of aryl methyl sites for hydroxylation is 1. The van der Waals surface area contributed by atoms with E-state index in [0.717, 1.165) is 5.56 Å². The molecule has 6 nitrogen and oxygen atoms in total. The van der Waals surface area contributed by atoms with Gasteiger partial charge in [-0.1, -0.05) is 41.4 Å². The van der Waals surface area contributed by atoms with Crippen molar-refractivity contribution in [1.82, 2.24) is 0 Å². The highest BCUT2D eigenvalue weighted by Gasteiger charge is 2.10. The molecule has 0 atom stereocenters. The lowest BCUT2D eigenvalue weighted by Gasteiger charge is -2.09. The van der Waals surface area contributed by atoms with Gasteiger partial charge in [0.2, 0.25) is 0 Å². The van der Waals surface area contributed by atoms with Crippen LogP contribution < -0.4 is 15.4 Å². The fourth-order valence-electron chi connectivity index (χ4n) is 2.72. The molecule has 2 N–H and O–H groups in total. The monoisotopic (exact) mass is 479 g/mol. The molecule has 0 aliphatic rings. The number of carbonyl (C=O) groups is 2. The van der Waals surface area contributed by atoms with Crippen LogP contribution in [-0.4, -0.2) is 18.4 Å². The molecule has 3 aromatic rings. The summed E-state index contributed by atoms with van der Waals surface area (Å²) >= 11 is 11.9. The van der Waals surface area contributed by atoms with Crippen molar-refractivity contribution >= 4 is 52.5 Å². The first-order valence-corrected chi connectivity index (χ1v) is 10.6. The Balaban J connectivity index is 1.56. The molecule has 0 fully saturated rings. The molecule has 166 valence electrons. The van der Waals surface area contributed by atoms with Crippen LogP contribution in [0.3, 0.4) is 0 Å². The molecule has 0 bridgehead atoms. The average molecular weight is 480 g/mol. The quantitative estimate of drug-likeness (QED) is 0.327. The Labute approximate surface area is 201 Å². The molecule has 0 unspecified atom stereocenters. The summed E-state index contributed by atoms with van der Waals surface area (Å²) in [6.07, 6.45) is 1.46. The van der Waals surface area contributed by atoms with Crippen molar-refractivity contribution in [3.05, 3.63) is 93.5 Å². The standard InChI is InChI=1S/C25H19Cl2N3O3/c1-16-2-7-21(13-23(16)27)29-24(31)15-33-22-10-3-17(4-11-22)12-18(14-28)25(32)30-20-8-5-19(26)6-9-20/h2-13H,15H2,1H3,(H,29,31)(H,30,32)/b18-12-. The van der Waals surface area contributed by atoms with Gasteiger partial charge < -0.3 is 15.4 Å². The van der Waals surface area contributed by atoms with Gasteiger partial charge in [0, 0.05) is 21.4 Å². The van der Waals surface area contributed by atoms with Gasteiger partial charge >= 0.3 is 0 Å². The van der Waals surface area contributed by atoms with Crippen LogP contribution in [0.25, 0.3) is 6.08 Å². The summed E-state index contributed by atoms with van der Waals surface area (Å²) in [6, 6.07) is 20.4. The Morgan fingerprint density at radius 2 is 1.64 bits per heavy atom. The van der Waals surface area contributed by atoms with Gasteiger partial charge in [-0.05, 0) is 72.7 Å². The lowest BCUT2D eigenvalue weighted by atomic mass is 10.1. The number of carbonyl (C=O) groups excluding carboxylic acids is 2. The van der Waals surface area contributed by atoms with E-state index >= 15 is 0 Å². The highest BCUT2D eigenvalue weighted by molar-refractivity contribution is 6.31. The van der Waals surface area contributed by atoms with Crippen LogP contribution in [0.5, 0.6) is 5.75 Å². The Hall–Kier alpha value is -3.79. The zero-order chi connectivity index (χ0) is 23.8. The Morgan fingerprint density at radius 3 is 2.27 bits per heavy atom. The Kier molecular flexibility index (Phi) is 8.09. The fraction of sp³-hybridized carbons (Fsp3) is 0.0800.